The van der Waals surface area contributed by atoms with Gasteiger partial charge in [0, 0.05) is 11.9 Å². The minimum Gasteiger partial charge on any atom is -0.361 e. The molecule has 0 radical (unpaired) electrons. The standard InChI is InChI=1S/C7H13ClOS/c1-2-10-6-4-3-5-9-7(6)8/h6-7H,2-5H2,1H3. The molecule has 2 unspecified atom stereocenters. The molecule has 0 aromatic heterocycles. The molecular formula is C7H13ClOS. The van der Waals surface area contributed by atoms with Crippen LogP contribution >= 0.6 is 23.4 Å². The summed E-state index contributed by atoms with van der Waals surface area (Å²) in [7, 11) is 0. The van der Waals surface area contributed by atoms with E-state index >= 15 is 0 Å². The van der Waals surface area contributed by atoms with Crippen LogP contribution < -0.4 is 0 Å². The van der Waals surface area contributed by atoms with Gasteiger partial charge in [0.2, 0.25) is 0 Å². The summed E-state index contributed by atoms with van der Waals surface area (Å²) in [6.07, 6.45) is 2.38. The summed E-state index contributed by atoms with van der Waals surface area (Å²) >= 11 is 7.82. The SMILES string of the molecule is CCSC1CCCOC1Cl. The van der Waals surface area contributed by atoms with E-state index in [2.05, 4.69) is 6.92 Å². The molecule has 1 aliphatic heterocycles. The first-order chi connectivity index (χ1) is 4.84. The minimum atomic E-state index is -0.0429. The monoisotopic (exact) mass is 180 g/mol. The van der Waals surface area contributed by atoms with Gasteiger partial charge in [0.05, 0.1) is 0 Å². The number of hydrogen-bond donors (Lipinski definition) is 0. The van der Waals surface area contributed by atoms with Gasteiger partial charge in [-0.25, -0.2) is 0 Å². The van der Waals surface area contributed by atoms with Crippen molar-refractivity contribution in [1.29, 1.82) is 0 Å². The molecule has 0 aromatic carbocycles. The van der Waals surface area contributed by atoms with Crippen LogP contribution in [0.15, 0.2) is 0 Å². The van der Waals surface area contributed by atoms with Gasteiger partial charge in [0.15, 0.2) is 0 Å². The van der Waals surface area contributed by atoms with Gasteiger partial charge in [-0.2, -0.15) is 11.8 Å². The molecule has 0 amide bonds. The maximum atomic E-state index is 5.92. The molecule has 10 heavy (non-hydrogen) atoms. The Labute approximate surface area is 71.5 Å². The second-order valence-electron chi connectivity index (χ2n) is 2.36. The first kappa shape index (κ1) is 8.69. The number of alkyl halides is 1. The normalized spacial score (nSPS) is 34.2. The van der Waals surface area contributed by atoms with Crippen LogP contribution in [0.4, 0.5) is 0 Å². The van der Waals surface area contributed by atoms with Crippen molar-refractivity contribution < 1.29 is 4.74 Å². The number of thioether (sulfide) groups is 1. The fourth-order valence-corrected chi connectivity index (χ4v) is 2.52. The van der Waals surface area contributed by atoms with Crippen LogP contribution in [0, 0.1) is 0 Å². The second kappa shape index (κ2) is 4.47. The molecule has 2 atom stereocenters. The fraction of sp³-hybridized carbons (Fsp3) is 1.00. The predicted molar refractivity (Wildman–Crippen MR) is 46.7 cm³/mol. The minimum absolute atomic E-state index is 0.0429. The molecular weight excluding hydrogens is 168 g/mol. The van der Waals surface area contributed by atoms with Crippen molar-refractivity contribution in [3.8, 4) is 0 Å². The highest BCUT2D eigenvalue weighted by Crippen LogP contribution is 2.27. The van der Waals surface area contributed by atoms with E-state index in [-0.39, 0.29) is 5.56 Å². The summed E-state index contributed by atoms with van der Waals surface area (Å²) in [5, 5.41) is 0.528. The van der Waals surface area contributed by atoms with E-state index in [0.717, 1.165) is 12.4 Å². The largest absolute Gasteiger partial charge is 0.361 e. The Morgan fingerprint density at radius 1 is 1.70 bits per heavy atom. The van der Waals surface area contributed by atoms with E-state index in [0.29, 0.717) is 5.25 Å². The second-order valence-corrected chi connectivity index (χ2v) is 4.30. The van der Waals surface area contributed by atoms with Gasteiger partial charge >= 0.3 is 0 Å². The van der Waals surface area contributed by atoms with E-state index in [1.165, 1.54) is 12.8 Å². The lowest BCUT2D eigenvalue weighted by Crippen LogP contribution is -2.27. The molecule has 0 spiro atoms. The van der Waals surface area contributed by atoms with Gasteiger partial charge in [-0.15, -0.1) is 0 Å². The maximum Gasteiger partial charge on any atom is 0.142 e. The van der Waals surface area contributed by atoms with Crippen LogP contribution in [0.1, 0.15) is 19.8 Å². The van der Waals surface area contributed by atoms with Crippen molar-refractivity contribution in [3.05, 3.63) is 0 Å². The number of hydrogen-bond acceptors (Lipinski definition) is 2. The highest BCUT2D eigenvalue weighted by atomic mass is 35.5. The summed E-state index contributed by atoms with van der Waals surface area (Å²) in [5.74, 6) is 1.14. The van der Waals surface area contributed by atoms with Crippen LogP contribution in [-0.2, 0) is 4.74 Å². The molecule has 1 rings (SSSR count). The number of ether oxygens (including phenoxy) is 1. The summed E-state index contributed by atoms with van der Waals surface area (Å²) in [5.41, 5.74) is -0.0429. The van der Waals surface area contributed by atoms with Gasteiger partial charge in [-0.05, 0) is 18.6 Å². The highest BCUT2D eigenvalue weighted by molar-refractivity contribution is 7.99. The zero-order chi connectivity index (χ0) is 7.40. The summed E-state index contributed by atoms with van der Waals surface area (Å²) in [6, 6.07) is 0. The van der Waals surface area contributed by atoms with Crippen molar-refractivity contribution in [2.45, 2.75) is 30.6 Å². The van der Waals surface area contributed by atoms with Crippen LogP contribution in [0.3, 0.4) is 0 Å². The van der Waals surface area contributed by atoms with Gasteiger partial charge < -0.3 is 4.74 Å². The molecule has 0 saturated carbocycles. The molecule has 0 aromatic rings. The molecule has 3 heteroatoms. The molecule has 1 nitrogen and oxygen atoms in total. The maximum absolute atomic E-state index is 5.92. The quantitative estimate of drug-likeness (QED) is 0.604. The Hall–Kier alpha value is 0.600. The molecule has 1 saturated heterocycles. The number of rotatable bonds is 2. The molecule has 0 bridgehead atoms. The fourth-order valence-electron chi connectivity index (χ4n) is 1.09. The van der Waals surface area contributed by atoms with Crippen molar-refractivity contribution in [2.24, 2.45) is 0 Å². The average molecular weight is 181 g/mol. The van der Waals surface area contributed by atoms with E-state index < -0.39 is 0 Å². The van der Waals surface area contributed by atoms with E-state index in [1.54, 1.807) is 0 Å². The predicted octanol–water partition coefficient (Wildman–Crippen LogP) is 2.48. The molecule has 0 N–H and O–H groups in total. The van der Waals surface area contributed by atoms with Crippen LogP contribution in [0.5, 0.6) is 0 Å². The van der Waals surface area contributed by atoms with Gasteiger partial charge in [0.25, 0.3) is 0 Å². The van der Waals surface area contributed by atoms with Crippen molar-refractivity contribution in [3.63, 3.8) is 0 Å². The Balaban J connectivity index is 2.25. The number of halogens is 1. The lowest BCUT2D eigenvalue weighted by atomic mass is 10.2. The smallest absolute Gasteiger partial charge is 0.142 e. The first-order valence-electron chi connectivity index (χ1n) is 3.72. The van der Waals surface area contributed by atoms with Crippen molar-refractivity contribution >= 4 is 23.4 Å². The lowest BCUT2D eigenvalue weighted by molar-refractivity contribution is 0.0728. The summed E-state index contributed by atoms with van der Waals surface area (Å²) in [4.78, 5) is 0. The Bertz CT molecular complexity index is 97.6. The molecule has 1 aliphatic rings. The third-order valence-electron chi connectivity index (χ3n) is 1.58. The Morgan fingerprint density at radius 3 is 3.10 bits per heavy atom. The van der Waals surface area contributed by atoms with Crippen molar-refractivity contribution in [2.75, 3.05) is 12.4 Å². The summed E-state index contributed by atoms with van der Waals surface area (Å²) in [6.45, 7) is 3.00. The van der Waals surface area contributed by atoms with Gasteiger partial charge in [-0.1, -0.05) is 18.5 Å². The average Bonchev–Trinajstić information content (AvgIpc) is 1.94. The van der Waals surface area contributed by atoms with Crippen LogP contribution in [0.25, 0.3) is 0 Å². The molecule has 0 aliphatic carbocycles. The Morgan fingerprint density at radius 2 is 2.50 bits per heavy atom. The molecule has 1 heterocycles. The van der Waals surface area contributed by atoms with Crippen molar-refractivity contribution in [1.82, 2.24) is 0 Å². The third kappa shape index (κ3) is 2.33. The van der Waals surface area contributed by atoms with Crippen LogP contribution in [-0.4, -0.2) is 23.2 Å². The summed E-state index contributed by atoms with van der Waals surface area (Å²) < 4.78 is 5.29. The first-order valence-corrected chi connectivity index (χ1v) is 5.20. The zero-order valence-corrected chi connectivity index (χ0v) is 7.75. The van der Waals surface area contributed by atoms with E-state index in [4.69, 9.17) is 16.3 Å². The lowest BCUT2D eigenvalue weighted by Gasteiger charge is -2.26. The third-order valence-corrected chi connectivity index (χ3v) is 3.41. The van der Waals surface area contributed by atoms with E-state index in [1.807, 2.05) is 11.8 Å². The topological polar surface area (TPSA) is 9.23 Å². The Kier molecular flexibility index (Phi) is 3.89. The van der Waals surface area contributed by atoms with Gasteiger partial charge in [0.1, 0.15) is 5.56 Å². The molecule has 60 valence electrons. The highest BCUT2D eigenvalue weighted by Gasteiger charge is 2.22. The van der Waals surface area contributed by atoms with Crippen LogP contribution in [0.2, 0.25) is 0 Å². The molecule has 1 fully saturated rings. The zero-order valence-electron chi connectivity index (χ0n) is 6.18. The van der Waals surface area contributed by atoms with Gasteiger partial charge in [-0.3, -0.25) is 0 Å². The van der Waals surface area contributed by atoms with E-state index in [9.17, 15) is 0 Å².